The average molecular weight is 392 g/mol. The summed E-state index contributed by atoms with van der Waals surface area (Å²) in [6.07, 6.45) is 0. The molecule has 0 rings (SSSR count). The Morgan fingerprint density at radius 1 is 1.17 bits per heavy atom. The van der Waals surface area contributed by atoms with Gasteiger partial charge in [-0.2, -0.15) is 0 Å². The van der Waals surface area contributed by atoms with Gasteiger partial charge in [0.1, 0.15) is 0 Å². The zero-order chi connectivity index (χ0) is 4.50. The maximum Gasteiger partial charge on any atom is 0.368 e. The van der Waals surface area contributed by atoms with E-state index in [2.05, 4.69) is 0 Å². The van der Waals surface area contributed by atoms with Crippen LogP contribution in [-0.2, 0) is 27.7 Å². The second kappa shape index (κ2) is 3.50. The first-order valence-electron chi connectivity index (χ1n) is 0.632. The van der Waals surface area contributed by atoms with E-state index in [4.69, 9.17) is 13.7 Å². The molecule has 0 saturated carbocycles. The first kappa shape index (κ1) is 10.5. The summed E-state index contributed by atoms with van der Waals surface area (Å²) < 4.78 is 33.2. The monoisotopic (exact) mass is 394 g/mol. The van der Waals surface area contributed by atoms with Gasteiger partial charge in [0.25, 0.3) is 0 Å². The molecule has 4 nitrogen and oxygen atoms in total. The first-order chi connectivity index (χ1) is 2.00. The zero-order valence-corrected chi connectivity index (χ0v) is 10.4. The van der Waals surface area contributed by atoms with Gasteiger partial charge in [0, 0.05) is 31.1 Å². The predicted molar refractivity (Wildman–Crippen MR) is 2.22 cm³/mol. The van der Waals surface area contributed by atoms with Gasteiger partial charge in [0.2, 0.25) is 0 Å². The maximum atomic E-state index is 8.73. The topological polar surface area (TPSA) is 89.4 Å². The van der Waals surface area contributed by atoms with Crippen LogP contribution in [0, 0.1) is 0 Å². The van der Waals surface area contributed by atoms with Crippen LogP contribution >= 0.6 is 0 Å². The van der Waals surface area contributed by atoms with Gasteiger partial charge in [0.05, 0.1) is 0 Å². The first-order valence-corrected chi connectivity index (χ1v) is 4.24. The molecule has 0 radical (unpaired) electrons. The van der Waals surface area contributed by atoms with E-state index in [1.807, 2.05) is 0 Å². The van der Waals surface area contributed by atoms with Crippen LogP contribution in [-0.4, -0.2) is 3.44 Å². The summed E-state index contributed by atoms with van der Waals surface area (Å²) >= 11 is -5.69. The Hall–Kier alpha value is 1.51. The molecule has 0 fully saturated rings. The van der Waals surface area contributed by atoms with Crippen molar-refractivity contribution in [3.05, 3.63) is 0 Å². The van der Waals surface area contributed by atoms with Crippen LogP contribution in [0.5, 0.6) is 0 Å². The van der Waals surface area contributed by atoms with Crippen molar-refractivity contribution < 1.29 is 61.5 Å². The molecule has 0 bridgehead atoms. The second-order valence-corrected chi connectivity index (χ2v) is 2.66. The molecule has 34 valence electrons. The summed E-state index contributed by atoms with van der Waals surface area (Å²) in [5.74, 6) is 0. The normalized spacial score (nSPS) is 10.0. The van der Waals surface area contributed by atoms with Crippen LogP contribution in [0.3, 0.4) is 0 Å². The van der Waals surface area contributed by atoms with Gasteiger partial charge in [0.15, 0.2) is 0 Å². The Kier molecular flexibility index (Phi) is 6.11. The Morgan fingerprint density at radius 3 is 1.17 bits per heavy atom. The third-order valence-corrected chi connectivity index (χ3v) is 0. The number of rotatable bonds is 0. The van der Waals surface area contributed by atoms with Crippen molar-refractivity contribution in [2.24, 2.45) is 0 Å². The fourth-order valence-electron chi connectivity index (χ4n) is 0. The van der Waals surface area contributed by atoms with E-state index in [1.165, 1.54) is 0 Å². The second-order valence-electron chi connectivity index (χ2n) is 0.396. The molecule has 0 atom stereocenters. The van der Waals surface area contributed by atoms with Crippen molar-refractivity contribution in [2.45, 2.75) is 0 Å². The molecule has 0 aliphatic carbocycles. The smallest absolute Gasteiger partial charge is 0.256 e. The number of hydrogen-bond acceptors (Lipinski definition) is 4. The van der Waals surface area contributed by atoms with E-state index in [9.17, 15) is 0 Å². The largest absolute Gasteiger partial charge is 0.368 e. The van der Waals surface area contributed by atoms with Crippen molar-refractivity contribution in [1.82, 2.24) is 0 Å². The van der Waals surface area contributed by atoms with Gasteiger partial charge in [-0.1, -0.05) is 0 Å². The van der Waals surface area contributed by atoms with Crippen molar-refractivity contribution >= 4 is 0 Å². The van der Waals surface area contributed by atoms with Crippen molar-refractivity contribution in [3.8, 4) is 0 Å². The summed E-state index contributed by atoms with van der Waals surface area (Å²) in [5.41, 5.74) is 0. The third-order valence-electron chi connectivity index (χ3n) is 0. The molecule has 0 amide bonds. The minimum absolute atomic E-state index is 0. The predicted octanol–water partition coefficient (Wildman–Crippen LogP) is -7.12. The Balaban J connectivity index is 0. The van der Waals surface area contributed by atoms with Crippen molar-refractivity contribution in [2.75, 3.05) is 0 Å². The molecule has 0 heterocycles. The quantitative estimate of drug-likeness (QED) is 0.328. The Labute approximate surface area is 61.0 Å². The standard InChI is InChI=1S/Hg.HIO4/c;2-1(3,4)5/h;2H. The molecule has 6 heteroatoms. The Bertz CT molecular complexity index is 23.0. The zero-order valence-electron chi connectivity index (χ0n) is 2.76. The maximum absolute atomic E-state index is 8.73. The number of hydrogen-bond donors (Lipinski definition) is 1. The molecular weight excluding hydrogens is 391 g/mol. The fraction of sp³-hybridized carbons (Fsp3) is 0. The molecule has 0 aromatic carbocycles. The summed E-state index contributed by atoms with van der Waals surface area (Å²) in [4.78, 5) is 0. The molecule has 0 aromatic rings. The SMILES string of the molecule is [Hg].[O-][I+3]([O-])([O-])O. The van der Waals surface area contributed by atoms with Crippen LogP contribution in [0.25, 0.3) is 0 Å². The Morgan fingerprint density at radius 2 is 1.17 bits per heavy atom. The molecule has 6 heavy (non-hydrogen) atoms. The molecule has 1 N–H and O–H groups in total. The van der Waals surface area contributed by atoms with Gasteiger partial charge in [-0.05, 0) is 0 Å². The van der Waals surface area contributed by atoms with Gasteiger partial charge >= 0.3 is 20.1 Å². The molecule has 0 aromatic heterocycles. The molecule has 0 unspecified atom stereocenters. The van der Waals surface area contributed by atoms with E-state index in [1.54, 1.807) is 0 Å². The van der Waals surface area contributed by atoms with E-state index in [0.29, 0.717) is 0 Å². The molecule has 0 aliphatic heterocycles. The van der Waals surface area contributed by atoms with Crippen LogP contribution < -0.4 is 30.4 Å². The van der Waals surface area contributed by atoms with E-state index < -0.39 is 20.1 Å². The molecular formula is HHgIO4. The minimum atomic E-state index is -5.69. The fourth-order valence-corrected chi connectivity index (χ4v) is 0. The molecule has 0 spiro atoms. The van der Waals surface area contributed by atoms with Crippen LogP contribution in [0.15, 0.2) is 0 Å². The summed E-state index contributed by atoms with van der Waals surface area (Å²) in [5, 5.41) is 0. The van der Waals surface area contributed by atoms with Crippen molar-refractivity contribution in [1.29, 1.82) is 0 Å². The number of halogens is 1. The van der Waals surface area contributed by atoms with Crippen LogP contribution in [0.4, 0.5) is 0 Å². The van der Waals surface area contributed by atoms with Crippen molar-refractivity contribution in [3.63, 3.8) is 0 Å². The van der Waals surface area contributed by atoms with Gasteiger partial charge in [-0.3, -0.25) is 10.3 Å². The third kappa shape index (κ3) is 49.3. The average Bonchev–Trinajstić information content (AvgIpc) is 0.722. The van der Waals surface area contributed by atoms with E-state index in [-0.39, 0.29) is 27.7 Å². The summed E-state index contributed by atoms with van der Waals surface area (Å²) in [6, 6.07) is 0. The summed E-state index contributed by atoms with van der Waals surface area (Å²) in [7, 11) is 0. The van der Waals surface area contributed by atoms with Crippen LogP contribution in [0.1, 0.15) is 0 Å². The van der Waals surface area contributed by atoms with E-state index in [0.717, 1.165) is 0 Å². The van der Waals surface area contributed by atoms with Gasteiger partial charge in [-0.15, -0.1) is 0 Å². The van der Waals surface area contributed by atoms with E-state index >= 15 is 0 Å². The molecule has 0 saturated heterocycles. The minimum Gasteiger partial charge on any atom is -0.256 e. The van der Waals surface area contributed by atoms with Gasteiger partial charge in [-0.25, -0.2) is 0 Å². The van der Waals surface area contributed by atoms with Gasteiger partial charge < -0.3 is 0 Å². The molecule has 0 aliphatic rings. The van der Waals surface area contributed by atoms with Crippen LogP contribution in [0.2, 0.25) is 0 Å². The summed E-state index contributed by atoms with van der Waals surface area (Å²) in [6.45, 7) is 0.